The molecular formula is C16H19N3O5S. The van der Waals surface area contributed by atoms with Crippen molar-refractivity contribution in [3.05, 3.63) is 35.7 Å². The van der Waals surface area contributed by atoms with Crippen molar-refractivity contribution in [3.63, 3.8) is 0 Å². The van der Waals surface area contributed by atoms with Gasteiger partial charge in [-0.05, 0) is 24.6 Å². The van der Waals surface area contributed by atoms with Crippen molar-refractivity contribution in [1.29, 1.82) is 0 Å². The molecule has 25 heavy (non-hydrogen) atoms. The van der Waals surface area contributed by atoms with Gasteiger partial charge in [-0.3, -0.25) is 4.68 Å². The Kier molecular flexibility index (Phi) is 4.14. The standard InChI is InChI=1S/C16H19N3O5S/c20-11-12-9-13-10-18(5-2-6-19(13)17-12)25(21,22)15-4-1-3-14-16(15)24-8-7-23-14/h1,3-4,9,20H,2,5-8,10-11H2. The second-order valence-corrected chi connectivity index (χ2v) is 7.89. The third-order valence-electron chi connectivity index (χ3n) is 4.34. The maximum Gasteiger partial charge on any atom is 0.247 e. The maximum atomic E-state index is 13.2. The summed E-state index contributed by atoms with van der Waals surface area (Å²) in [7, 11) is -3.74. The smallest absolute Gasteiger partial charge is 0.247 e. The molecule has 0 radical (unpaired) electrons. The van der Waals surface area contributed by atoms with Crippen LogP contribution in [0.4, 0.5) is 0 Å². The second-order valence-electron chi connectivity index (χ2n) is 5.98. The zero-order valence-corrected chi connectivity index (χ0v) is 14.4. The Balaban J connectivity index is 1.71. The number of fused-ring (bicyclic) bond motifs is 2. The molecule has 4 rings (SSSR count). The van der Waals surface area contributed by atoms with Crippen molar-refractivity contribution in [3.8, 4) is 11.5 Å². The number of rotatable bonds is 3. The van der Waals surface area contributed by atoms with Crippen molar-refractivity contribution in [2.75, 3.05) is 19.8 Å². The molecule has 0 unspecified atom stereocenters. The van der Waals surface area contributed by atoms with Crippen LogP contribution in [0.25, 0.3) is 0 Å². The van der Waals surface area contributed by atoms with Gasteiger partial charge < -0.3 is 14.6 Å². The van der Waals surface area contributed by atoms with Crippen LogP contribution in [-0.2, 0) is 29.7 Å². The van der Waals surface area contributed by atoms with Crippen molar-refractivity contribution in [2.24, 2.45) is 0 Å². The van der Waals surface area contributed by atoms with Gasteiger partial charge in [0, 0.05) is 13.1 Å². The van der Waals surface area contributed by atoms with Crippen LogP contribution in [0.1, 0.15) is 17.8 Å². The first-order valence-electron chi connectivity index (χ1n) is 8.15. The Morgan fingerprint density at radius 3 is 2.88 bits per heavy atom. The molecule has 0 atom stereocenters. The third-order valence-corrected chi connectivity index (χ3v) is 6.21. The van der Waals surface area contributed by atoms with Gasteiger partial charge >= 0.3 is 0 Å². The summed E-state index contributed by atoms with van der Waals surface area (Å²) in [6, 6.07) is 6.66. The van der Waals surface area contributed by atoms with Gasteiger partial charge in [0.25, 0.3) is 0 Å². The highest BCUT2D eigenvalue weighted by molar-refractivity contribution is 7.89. The van der Waals surface area contributed by atoms with Crippen LogP contribution in [0, 0.1) is 0 Å². The lowest BCUT2D eigenvalue weighted by molar-refractivity contribution is 0.166. The fraction of sp³-hybridized carbons (Fsp3) is 0.438. The molecule has 2 aliphatic heterocycles. The zero-order chi connectivity index (χ0) is 17.4. The molecule has 3 heterocycles. The quantitative estimate of drug-likeness (QED) is 0.862. The van der Waals surface area contributed by atoms with Crippen LogP contribution in [0.15, 0.2) is 29.2 Å². The lowest BCUT2D eigenvalue weighted by atomic mass is 10.3. The largest absolute Gasteiger partial charge is 0.486 e. The number of aryl methyl sites for hydroxylation is 1. The highest BCUT2D eigenvalue weighted by Crippen LogP contribution is 2.38. The average Bonchev–Trinajstić information content (AvgIpc) is 2.91. The van der Waals surface area contributed by atoms with E-state index in [1.165, 1.54) is 4.31 Å². The van der Waals surface area contributed by atoms with Crippen molar-refractivity contribution in [2.45, 2.75) is 31.0 Å². The maximum absolute atomic E-state index is 13.2. The topological polar surface area (TPSA) is 93.9 Å². The predicted molar refractivity (Wildman–Crippen MR) is 87.8 cm³/mol. The number of hydrogen-bond acceptors (Lipinski definition) is 6. The molecule has 0 saturated heterocycles. The molecule has 0 aliphatic carbocycles. The number of aromatic nitrogens is 2. The van der Waals surface area contributed by atoms with Crippen LogP contribution < -0.4 is 9.47 Å². The number of nitrogens with zero attached hydrogens (tertiary/aromatic N) is 3. The van der Waals surface area contributed by atoms with E-state index in [4.69, 9.17) is 9.47 Å². The molecule has 1 N–H and O–H groups in total. The van der Waals surface area contributed by atoms with E-state index in [9.17, 15) is 13.5 Å². The van der Waals surface area contributed by atoms with Crippen molar-refractivity contribution < 1.29 is 23.0 Å². The molecule has 0 saturated carbocycles. The Morgan fingerprint density at radius 1 is 1.20 bits per heavy atom. The predicted octanol–water partition coefficient (Wildman–Crippen LogP) is 0.741. The van der Waals surface area contributed by atoms with Crippen LogP contribution in [0.2, 0.25) is 0 Å². The number of benzene rings is 1. The lowest BCUT2D eigenvalue weighted by Crippen LogP contribution is -2.31. The summed E-state index contributed by atoms with van der Waals surface area (Å²) in [6.45, 7) is 1.79. The van der Waals surface area contributed by atoms with Crippen LogP contribution in [-0.4, -0.2) is 47.4 Å². The first kappa shape index (κ1) is 16.4. The summed E-state index contributed by atoms with van der Waals surface area (Å²) in [5.74, 6) is 0.734. The fourth-order valence-corrected chi connectivity index (χ4v) is 4.76. The number of para-hydroxylation sites is 1. The number of sulfonamides is 1. The summed E-state index contributed by atoms with van der Waals surface area (Å²) >= 11 is 0. The molecule has 1 aromatic heterocycles. The molecule has 2 aliphatic rings. The third kappa shape index (κ3) is 2.88. The van der Waals surface area contributed by atoms with Gasteiger partial charge in [0.1, 0.15) is 18.1 Å². The Morgan fingerprint density at radius 2 is 2.04 bits per heavy atom. The minimum Gasteiger partial charge on any atom is -0.486 e. The summed E-state index contributed by atoms with van der Waals surface area (Å²) in [5.41, 5.74) is 1.31. The van der Waals surface area contributed by atoms with Gasteiger partial charge in [0.15, 0.2) is 11.5 Å². The Bertz CT molecular complexity index is 893. The molecule has 9 heteroatoms. The molecule has 0 bridgehead atoms. The molecule has 0 fully saturated rings. The van der Waals surface area contributed by atoms with E-state index < -0.39 is 10.0 Å². The molecular weight excluding hydrogens is 346 g/mol. The highest BCUT2D eigenvalue weighted by atomic mass is 32.2. The minimum absolute atomic E-state index is 0.125. The monoisotopic (exact) mass is 365 g/mol. The van der Waals surface area contributed by atoms with E-state index in [1.807, 2.05) is 0 Å². The van der Waals surface area contributed by atoms with Crippen molar-refractivity contribution in [1.82, 2.24) is 14.1 Å². The van der Waals surface area contributed by atoms with E-state index in [0.717, 1.165) is 5.69 Å². The summed E-state index contributed by atoms with van der Waals surface area (Å²) in [5, 5.41) is 13.5. The first-order chi connectivity index (χ1) is 12.1. The van der Waals surface area contributed by atoms with Crippen LogP contribution in [0.3, 0.4) is 0 Å². The van der Waals surface area contributed by atoms with Gasteiger partial charge in [-0.15, -0.1) is 0 Å². The number of aliphatic hydroxyl groups excluding tert-OH is 1. The summed E-state index contributed by atoms with van der Waals surface area (Å²) in [6.07, 6.45) is 0.644. The first-order valence-corrected chi connectivity index (χ1v) is 9.59. The van der Waals surface area contributed by atoms with Crippen LogP contribution in [0.5, 0.6) is 11.5 Å². The fourth-order valence-electron chi connectivity index (χ4n) is 3.16. The molecule has 8 nitrogen and oxygen atoms in total. The van der Waals surface area contributed by atoms with Gasteiger partial charge in [0.2, 0.25) is 10.0 Å². The molecule has 0 amide bonds. The van der Waals surface area contributed by atoms with Crippen LogP contribution >= 0.6 is 0 Å². The van der Waals surface area contributed by atoms with E-state index in [-0.39, 0.29) is 23.8 Å². The SMILES string of the molecule is O=S(=O)(c1cccc2c1OCCO2)N1CCCn2nc(CO)cc2C1. The zero-order valence-electron chi connectivity index (χ0n) is 13.6. The number of ether oxygens (including phenoxy) is 2. The van der Waals surface area contributed by atoms with Gasteiger partial charge in [0.05, 0.1) is 24.5 Å². The highest BCUT2D eigenvalue weighted by Gasteiger charge is 2.32. The van der Waals surface area contributed by atoms with Crippen molar-refractivity contribution >= 4 is 10.0 Å². The lowest BCUT2D eigenvalue weighted by Gasteiger charge is -2.24. The second kappa shape index (κ2) is 6.32. The Labute approximate surface area is 145 Å². The summed E-state index contributed by atoms with van der Waals surface area (Å²) in [4.78, 5) is 0.125. The molecule has 134 valence electrons. The molecule has 0 spiro atoms. The van der Waals surface area contributed by atoms with E-state index in [2.05, 4.69) is 5.10 Å². The van der Waals surface area contributed by atoms with Gasteiger partial charge in [-0.1, -0.05) is 6.07 Å². The normalized spacial score (nSPS) is 17.8. The minimum atomic E-state index is -3.74. The van der Waals surface area contributed by atoms with Gasteiger partial charge in [-0.25, -0.2) is 8.42 Å². The number of aliphatic hydroxyl groups is 1. The van der Waals surface area contributed by atoms with E-state index in [1.54, 1.807) is 28.9 Å². The number of hydrogen-bond donors (Lipinski definition) is 1. The van der Waals surface area contributed by atoms with E-state index in [0.29, 0.717) is 44.2 Å². The van der Waals surface area contributed by atoms with Gasteiger partial charge in [-0.2, -0.15) is 9.40 Å². The summed E-state index contributed by atoms with van der Waals surface area (Å²) < 4.78 is 40.7. The van der Waals surface area contributed by atoms with E-state index >= 15 is 0 Å². The molecule has 1 aromatic carbocycles. The molecule has 2 aromatic rings. The Hall–Kier alpha value is -2.10. The average molecular weight is 365 g/mol.